The normalized spacial score (nSPS) is 33.5. The van der Waals surface area contributed by atoms with Crippen molar-refractivity contribution in [3.8, 4) is 11.9 Å². The van der Waals surface area contributed by atoms with Crippen molar-refractivity contribution in [2.24, 2.45) is 5.92 Å². The van der Waals surface area contributed by atoms with E-state index in [1.165, 1.54) is 23.5 Å². The number of hydrogen-bond acceptors (Lipinski definition) is 16. The zero-order valence-corrected chi connectivity index (χ0v) is 33.1. The van der Waals surface area contributed by atoms with Gasteiger partial charge in [0.25, 0.3) is 5.56 Å². The molecule has 5 heterocycles. The van der Waals surface area contributed by atoms with Gasteiger partial charge in [-0.25, -0.2) is 19.9 Å². The average molecular weight is 802 g/mol. The van der Waals surface area contributed by atoms with Crippen molar-refractivity contribution in [1.82, 2.24) is 29.5 Å². The molecule has 1 saturated carbocycles. The van der Waals surface area contributed by atoms with Crippen molar-refractivity contribution in [2.45, 2.75) is 94.9 Å². The molecule has 2 aliphatic heterocycles. The van der Waals surface area contributed by atoms with Crippen LogP contribution in [0.5, 0.6) is 5.88 Å². The average Bonchev–Trinajstić information content (AvgIpc) is 3.75. The van der Waals surface area contributed by atoms with Crippen LogP contribution in [-0.4, -0.2) is 93.0 Å². The van der Waals surface area contributed by atoms with Crippen molar-refractivity contribution in [3.05, 3.63) is 41.6 Å². The number of aromatic amines is 1. The van der Waals surface area contributed by atoms with Crippen LogP contribution in [0.2, 0.25) is 18.1 Å². The second-order valence-electron chi connectivity index (χ2n) is 13.9. The molecule has 3 aromatic rings. The fraction of sp³-hybridized carbons (Fsp3) is 0.655. The number of nitrogens with one attached hydrogen (secondary N) is 1. The first-order chi connectivity index (χ1) is 24.1. The van der Waals surface area contributed by atoms with E-state index in [9.17, 15) is 14.9 Å². The first-order valence-corrected chi connectivity index (χ1v) is 24.4. The molecule has 1 unspecified atom stereocenters. The molecule has 9 atom stereocenters. The van der Waals surface area contributed by atoms with Crippen LogP contribution >= 0.6 is 13.4 Å². The number of fused-ring (bicyclic) bond motifs is 4. The van der Waals surface area contributed by atoms with E-state index >= 15 is 0 Å². The molecule has 2 N–H and O–H groups in total. The zero-order valence-electron chi connectivity index (χ0n) is 28.7. The molecule has 0 spiro atoms. The van der Waals surface area contributed by atoms with E-state index in [-0.39, 0.29) is 54.5 Å². The summed E-state index contributed by atoms with van der Waals surface area (Å²) in [6, 6.07) is 3.70. The third-order valence-corrected chi connectivity index (χ3v) is 17.8. The fourth-order valence-electron chi connectivity index (χ4n) is 5.85. The number of hydrogen-bond donors (Lipinski definition) is 2. The highest BCUT2D eigenvalue weighted by atomic mass is 32.5. The molecular formula is C29H41N7O10P2S2Si. The Morgan fingerprint density at radius 2 is 1.96 bits per heavy atom. The molecule has 3 aliphatic rings. The molecular weight excluding hydrogens is 761 g/mol. The number of rotatable bonds is 8. The van der Waals surface area contributed by atoms with Gasteiger partial charge < -0.3 is 41.9 Å². The van der Waals surface area contributed by atoms with Crippen molar-refractivity contribution in [3.63, 3.8) is 0 Å². The molecule has 3 aromatic heterocycles. The lowest BCUT2D eigenvalue weighted by atomic mass is 10.1. The van der Waals surface area contributed by atoms with Gasteiger partial charge in [-0.3, -0.25) is 13.9 Å². The summed E-state index contributed by atoms with van der Waals surface area (Å²) in [6.45, 7) is 2.56. The molecule has 0 aromatic carbocycles. The molecule has 0 amide bonds. The quantitative estimate of drug-likeness (QED) is 0.186. The van der Waals surface area contributed by atoms with Gasteiger partial charge in [0.1, 0.15) is 30.7 Å². The molecule has 0 radical (unpaired) electrons. The van der Waals surface area contributed by atoms with Gasteiger partial charge in [-0.2, -0.15) is 5.26 Å². The summed E-state index contributed by atoms with van der Waals surface area (Å²) in [5, 5.41) is 9.02. The zero-order chi connectivity index (χ0) is 36.6. The van der Waals surface area contributed by atoms with Gasteiger partial charge in [0.05, 0.1) is 51.1 Å². The van der Waals surface area contributed by atoms with Crippen LogP contribution in [0.15, 0.2) is 36.0 Å². The highest BCUT2D eigenvalue weighted by molar-refractivity contribution is 8.07. The largest absolute Gasteiger partial charge is 0.474 e. The van der Waals surface area contributed by atoms with Crippen molar-refractivity contribution < 1.29 is 41.4 Å². The smallest absolute Gasteiger partial charge is 0.327 e. The van der Waals surface area contributed by atoms with E-state index in [0.717, 1.165) is 0 Å². The lowest BCUT2D eigenvalue weighted by Gasteiger charge is -2.41. The van der Waals surface area contributed by atoms with Crippen molar-refractivity contribution in [2.75, 3.05) is 19.8 Å². The Balaban J connectivity index is 1.38. The van der Waals surface area contributed by atoms with Gasteiger partial charge in [-0.15, -0.1) is 0 Å². The van der Waals surface area contributed by atoms with Crippen LogP contribution < -0.4 is 10.3 Å². The van der Waals surface area contributed by atoms with Crippen LogP contribution in [0.1, 0.15) is 46.3 Å². The first kappa shape index (κ1) is 38.6. The van der Waals surface area contributed by atoms with E-state index in [1.807, 2.05) is 0 Å². The highest BCUT2D eigenvalue weighted by Crippen LogP contribution is 2.57. The molecule has 278 valence electrons. The van der Waals surface area contributed by atoms with Crippen molar-refractivity contribution >= 4 is 56.5 Å². The fourth-order valence-corrected chi connectivity index (χ4v) is 10.8. The summed E-state index contributed by atoms with van der Waals surface area (Å²) in [7, 11) is -2.57. The predicted molar refractivity (Wildman–Crippen MR) is 192 cm³/mol. The third-order valence-electron chi connectivity index (χ3n) is 9.42. The Labute approximate surface area is 305 Å². The van der Waals surface area contributed by atoms with Gasteiger partial charge in [0, 0.05) is 24.6 Å². The van der Waals surface area contributed by atoms with E-state index in [4.69, 9.17) is 60.1 Å². The van der Waals surface area contributed by atoms with Gasteiger partial charge in [-0.05, 0) is 48.2 Å². The molecule has 2 saturated heterocycles. The maximum atomic E-state index is 12.6. The van der Waals surface area contributed by atoms with Crippen molar-refractivity contribution in [1.29, 1.82) is 5.26 Å². The number of nitrogens with zero attached hydrogens (tertiary/aromatic N) is 6. The first-order valence-electron chi connectivity index (χ1n) is 16.3. The molecule has 6 rings (SSSR count). The van der Waals surface area contributed by atoms with Gasteiger partial charge in [0.2, 0.25) is 5.88 Å². The number of ether oxygens (including phenoxy) is 2. The summed E-state index contributed by atoms with van der Waals surface area (Å²) in [4.78, 5) is 43.5. The summed E-state index contributed by atoms with van der Waals surface area (Å²) in [5.41, 5.74) is -0.146. The van der Waals surface area contributed by atoms with Crippen LogP contribution in [0.3, 0.4) is 0 Å². The Hall–Kier alpha value is -2.08. The van der Waals surface area contributed by atoms with E-state index in [0.29, 0.717) is 18.7 Å². The van der Waals surface area contributed by atoms with Gasteiger partial charge in [-0.1, -0.05) is 20.8 Å². The molecule has 2 bridgehead atoms. The predicted octanol–water partition coefficient (Wildman–Crippen LogP) is 4.24. The second kappa shape index (κ2) is 15.3. The number of nitriles is 1. The molecule has 22 heteroatoms. The minimum Gasteiger partial charge on any atom is -0.474 e. The third kappa shape index (κ3) is 8.84. The summed E-state index contributed by atoms with van der Waals surface area (Å²) in [6.07, 6.45) is 1.69. The molecule has 1 aliphatic carbocycles. The lowest BCUT2D eigenvalue weighted by Crippen LogP contribution is -2.50. The Morgan fingerprint density at radius 3 is 2.69 bits per heavy atom. The van der Waals surface area contributed by atoms with Crippen LogP contribution in [0, 0.1) is 17.2 Å². The monoisotopic (exact) mass is 801 g/mol. The summed E-state index contributed by atoms with van der Waals surface area (Å²) in [5.74, 6) is 0.00974. The summed E-state index contributed by atoms with van der Waals surface area (Å²) < 4.78 is 52.6. The minimum absolute atomic E-state index is 0.0228. The van der Waals surface area contributed by atoms with E-state index < -0.39 is 58.0 Å². The highest BCUT2D eigenvalue weighted by Gasteiger charge is 2.54. The summed E-state index contributed by atoms with van der Waals surface area (Å²) >= 11 is 11.6. The standard InChI is InChI=1S/C29H41N7O10P2S2Si/c1-29(2,3)51(4,5)46-24-21-14-41-48(50,39-10-6-8-30)44-20-12-19(42-22-7-9-31-15-32-22)11-18(20)13-40-47(38,49)45-25(24)28(43-21)36-17-35-23-26(36)33-16-34-27(23)37/h7,9,15-21,24-25,28H,6,10-14H2,1-5H3,(H,38,49)(H,33,34,37)/t18-,19-,20+,21-,24-,25-,28-,47?,48+/m1/s1. The topological polar surface area (TPSA) is 207 Å². The van der Waals surface area contributed by atoms with E-state index in [1.54, 1.807) is 12.3 Å². The number of imidazole rings is 1. The maximum Gasteiger partial charge on any atom is 0.327 e. The van der Waals surface area contributed by atoms with Gasteiger partial charge >= 0.3 is 13.4 Å². The number of aromatic nitrogens is 6. The Bertz CT molecular complexity index is 1890. The molecule has 51 heavy (non-hydrogen) atoms. The molecule has 3 fully saturated rings. The number of H-pyrrole nitrogens is 1. The lowest BCUT2D eigenvalue weighted by molar-refractivity contribution is -0.0518. The minimum atomic E-state index is -4.02. The maximum absolute atomic E-state index is 12.6. The second-order valence-corrected chi connectivity index (χ2v) is 24.5. The Morgan fingerprint density at radius 1 is 1.16 bits per heavy atom. The SMILES string of the molecule is CC(C)(C)[Si](C)(C)O[C@H]1[C@H]2OP(O)(=S)OC[C@H]3C[C@@H](Oc4ccncn4)C[C@@H]3O[P@](=S)(OCCC#N)OC[C@H]1O[C@H]2n1cnc2c(=O)[nH]cnc21. The van der Waals surface area contributed by atoms with Gasteiger partial charge in [0.15, 0.2) is 25.7 Å². The Kier molecular flexibility index (Phi) is 11.6. The van der Waals surface area contributed by atoms with Crippen LogP contribution in [0.4, 0.5) is 0 Å². The van der Waals surface area contributed by atoms with E-state index in [2.05, 4.69) is 64.9 Å². The van der Waals surface area contributed by atoms with Crippen LogP contribution in [0.25, 0.3) is 11.2 Å². The van der Waals surface area contributed by atoms with Crippen LogP contribution in [-0.2, 0) is 55.4 Å². The molecule has 17 nitrogen and oxygen atoms in total.